The predicted octanol–water partition coefficient (Wildman–Crippen LogP) is 4.07. The van der Waals surface area contributed by atoms with E-state index in [1.54, 1.807) is 6.07 Å². The Balaban J connectivity index is 2.90. The topological polar surface area (TPSA) is 20.2 Å². The highest BCUT2D eigenvalue weighted by molar-refractivity contribution is 9.10. The van der Waals surface area contributed by atoms with Crippen LogP contribution in [-0.2, 0) is 6.42 Å². The molecule has 1 rings (SSSR count). The summed E-state index contributed by atoms with van der Waals surface area (Å²) < 4.78 is 13.8. The molecule has 0 aliphatic carbocycles. The van der Waals surface area contributed by atoms with Crippen molar-refractivity contribution in [2.24, 2.45) is 0 Å². The number of halogens is 2. The van der Waals surface area contributed by atoms with Crippen LogP contribution in [0.4, 0.5) is 4.39 Å². The van der Waals surface area contributed by atoms with Gasteiger partial charge in [0.05, 0.1) is 10.1 Å². The zero-order valence-corrected chi connectivity index (χ0v) is 11.3. The third-order valence-electron chi connectivity index (χ3n) is 2.92. The van der Waals surface area contributed by atoms with Gasteiger partial charge in [0.25, 0.3) is 0 Å². The number of rotatable bonds is 5. The molecule has 0 aliphatic heterocycles. The summed E-state index contributed by atoms with van der Waals surface area (Å²) >= 11 is 3.23. The summed E-state index contributed by atoms with van der Waals surface area (Å²) in [5, 5.41) is 10.3. The summed E-state index contributed by atoms with van der Waals surface area (Å²) in [7, 11) is 0. The fourth-order valence-electron chi connectivity index (χ4n) is 1.90. The molecule has 0 amide bonds. The van der Waals surface area contributed by atoms with Crippen molar-refractivity contribution in [3.05, 3.63) is 34.1 Å². The molecule has 0 bridgehead atoms. The van der Waals surface area contributed by atoms with Gasteiger partial charge >= 0.3 is 0 Å². The van der Waals surface area contributed by atoms with Crippen LogP contribution in [-0.4, -0.2) is 10.7 Å². The molecule has 0 saturated heterocycles. The third kappa shape index (κ3) is 3.29. The molecular weight excluding hydrogens is 271 g/mol. The molecule has 90 valence electrons. The second kappa shape index (κ2) is 5.78. The Morgan fingerprint density at radius 3 is 2.62 bits per heavy atom. The van der Waals surface area contributed by atoms with E-state index in [2.05, 4.69) is 15.9 Å². The average molecular weight is 289 g/mol. The molecule has 16 heavy (non-hydrogen) atoms. The smallest absolute Gasteiger partial charge is 0.137 e. The van der Waals surface area contributed by atoms with Gasteiger partial charge in [0, 0.05) is 6.42 Å². The first-order valence-corrected chi connectivity index (χ1v) is 6.47. The Hall–Kier alpha value is -0.410. The molecule has 0 spiro atoms. The summed E-state index contributed by atoms with van der Waals surface area (Å²) in [5.74, 6) is -0.271. The van der Waals surface area contributed by atoms with Crippen molar-refractivity contribution < 1.29 is 9.50 Å². The van der Waals surface area contributed by atoms with Crippen LogP contribution in [0.15, 0.2) is 22.7 Å². The van der Waals surface area contributed by atoms with Gasteiger partial charge in [0.1, 0.15) is 5.82 Å². The van der Waals surface area contributed by atoms with Gasteiger partial charge in [-0.3, -0.25) is 0 Å². The van der Waals surface area contributed by atoms with E-state index in [9.17, 15) is 9.50 Å². The summed E-state index contributed by atoms with van der Waals surface area (Å²) in [6.07, 6.45) is 2.85. The largest absolute Gasteiger partial charge is 0.390 e. The van der Waals surface area contributed by atoms with Crippen molar-refractivity contribution in [1.29, 1.82) is 0 Å². The van der Waals surface area contributed by atoms with Gasteiger partial charge in [-0.05, 0) is 40.4 Å². The lowest BCUT2D eigenvalue weighted by Gasteiger charge is -2.27. The highest BCUT2D eigenvalue weighted by atomic mass is 79.9. The Morgan fingerprint density at radius 1 is 1.38 bits per heavy atom. The van der Waals surface area contributed by atoms with E-state index in [1.165, 1.54) is 6.07 Å². The molecular formula is C13H18BrFO. The van der Waals surface area contributed by atoms with E-state index in [0.717, 1.165) is 18.4 Å². The van der Waals surface area contributed by atoms with Crippen LogP contribution in [0.2, 0.25) is 0 Å². The minimum atomic E-state index is -0.717. The van der Waals surface area contributed by atoms with Crippen molar-refractivity contribution in [3.63, 3.8) is 0 Å². The number of hydrogen-bond donors (Lipinski definition) is 1. The highest BCUT2D eigenvalue weighted by Crippen LogP contribution is 2.28. The Bertz CT molecular complexity index is 354. The minimum Gasteiger partial charge on any atom is -0.390 e. The number of aliphatic hydroxyl groups is 1. The maximum atomic E-state index is 13.3. The molecule has 0 aliphatic rings. The van der Waals surface area contributed by atoms with Gasteiger partial charge in [0.15, 0.2) is 0 Å². The standard InChI is InChI=1S/C13H18BrFO/c1-3-8-13(16,4-2)9-10-6-5-7-11(15)12(10)14/h5-7,16H,3-4,8-9H2,1-2H3. The Morgan fingerprint density at radius 2 is 2.06 bits per heavy atom. The van der Waals surface area contributed by atoms with Crippen LogP contribution in [0.3, 0.4) is 0 Å². The molecule has 1 atom stereocenters. The molecule has 1 nitrogen and oxygen atoms in total. The molecule has 1 aromatic rings. The van der Waals surface area contributed by atoms with Gasteiger partial charge in [0.2, 0.25) is 0 Å². The first-order chi connectivity index (χ1) is 7.52. The van der Waals surface area contributed by atoms with Crippen LogP contribution in [0.5, 0.6) is 0 Å². The lowest BCUT2D eigenvalue weighted by molar-refractivity contribution is 0.0269. The SMILES string of the molecule is CCCC(O)(CC)Cc1cccc(F)c1Br. The van der Waals surface area contributed by atoms with Gasteiger partial charge in [-0.15, -0.1) is 0 Å². The lowest BCUT2D eigenvalue weighted by Crippen LogP contribution is -2.30. The first kappa shape index (κ1) is 13.7. The van der Waals surface area contributed by atoms with Crippen LogP contribution in [0, 0.1) is 5.82 Å². The number of hydrogen-bond acceptors (Lipinski definition) is 1. The molecule has 0 fully saturated rings. The first-order valence-electron chi connectivity index (χ1n) is 5.67. The molecule has 0 radical (unpaired) electrons. The Kier molecular flexibility index (Phi) is 4.93. The summed E-state index contributed by atoms with van der Waals surface area (Å²) in [6.45, 7) is 4.00. The van der Waals surface area contributed by atoms with Crippen molar-refractivity contribution in [1.82, 2.24) is 0 Å². The molecule has 0 heterocycles. The van der Waals surface area contributed by atoms with Gasteiger partial charge in [-0.2, -0.15) is 0 Å². The molecule has 0 aromatic heterocycles. The Labute approximate surface area is 105 Å². The monoisotopic (exact) mass is 288 g/mol. The van der Waals surface area contributed by atoms with Crippen molar-refractivity contribution >= 4 is 15.9 Å². The molecule has 0 saturated carbocycles. The van der Waals surface area contributed by atoms with Gasteiger partial charge in [-0.1, -0.05) is 32.4 Å². The normalized spacial score (nSPS) is 14.8. The van der Waals surface area contributed by atoms with Gasteiger partial charge in [-0.25, -0.2) is 4.39 Å². The van der Waals surface area contributed by atoms with Crippen molar-refractivity contribution in [3.8, 4) is 0 Å². The maximum absolute atomic E-state index is 13.3. The fraction of sp³-hybridized carbons (Fsp3) is 0.538. The molecule has 1 N–H and O–H groups in total. The van der Waals surface area contributed by atoms with E-state index in [-0.39, 0.29) is 5.82 Å². The van der Waals surface area contributed by atoms with E-state index >= 15 is 0 Å². The molecule has 3 heteroatoms. The summed E-state index contributed by atoms with van der Waals surface area (Å²) in [4.78, 5) is 0. The average Bonchev–Trinajstić information content (AvgIpc) is 2.25. The number of benzene rings is 1. The second-order valence-corrected chi connectivity index (χ2v) is 5.01. The van der Waals surface area contributed by atoms with Crippen molar-refractivity contribution in [2.45, 2.75) is 45.1 Å². The van der Waals surface area contributed by atoms with Crippen LogP contribution >= 0.6 is 15.9 Å². The zero-order valence-electron chi connectivity index (χ0n) is 9.76. The predicted molar refractivity (Wildman–Crippen MR) is 68.0 cm³/mol. The van der Waals surface area contributed by atoms with Crippen molar-refractivity contribution in [2.75, 3.05) is 0 Å². The fourth-order valence-corrected chi connectivity index (χ4v) is 2.30. The van der Waals surface area contributed by atoms with E-state index < -0.39 is 5.60 Å². The van der Waals surface area contributed by atoms with Crippen LogP contribution in [0.25, 0.3) is 0 Å². The van der Waals surface area contributed by atoms with E-state index in [0.29, 0.717) is 17.3 Å². The molecule has 1 aromatic carbocycles. The maximum Gasteiger partial charge on any atom is 0.137 e. The van der Waals surface area contributed by atoms with Crippen LogP contribution < -0.4 is 0 Å². The lowest BCUT2D eigenvalue weighted by atomic mass is 9.88. The van der Waals surface area contributed by atoms with E-state index in [4.69, 9.17) is 0 Å². The summed E-state index contributed by atoms with van der Waals surface area (Å²) in [5.41, 5.74) is 0.114. The molecule has 1 unspecified atom stereocenters. The summed E-state index contributed by atoms with van der Waals surface area (Å²) in [6, 6.07) is 4.94. The van der Waals surface area contributed by atoms with Crippen LogP contribution in [0.1, 0.15) is 38.7 Å². The third-order valence-corrected chi connectivity index (χ3v) is 3.81. The minimum absolute atomic E-state index is 0.271. The zero-order chi connectivity index (χ0) is 12.2. The van der Waals surface area contributed by atoms with E-state index in [1.807, 2.05) is 19.9 Å². The second-order valence-electron chi connectivity index (χ2n) is 4.22. The quantitative estimate of drug-likeness (QED) is 0.866. The van der Waals surface area contributed by atoms with Gasteiger partial charge < -0.3 is 5.11 Å². The highest BCUT2D eigenvalue weighted by Gasteiger charge is 2.25.